The van der Waals surface area contributed by atoms with E-state index in [0.717, 1.165) is 22.6 Å². The molecule has 1 aromatic heterocycles. The van der Waals surface area contributed by atoms with Gasteiger partial charge in [-0.3, -0.25) is 9.36 Å². The topological polar surface area (TPSA) is 69.0 Å². The summed E-state index contributed by atoms with van der Waals surface area (Å²) in [6.07, 6.45) is 1.69. The van der Waals surface area contributed by atoms with Gasteiger partial charge in [0.1, 0.15) is 12.1 Å². The van der Waals surface area contributed by atoms with Crippen LogP contribution in [0.4, 0.5) is 0 Å². The van der Waals surface area contributed by atoms with Gasteiger partial charge < -0.3 is 10.1 Å². The highest BCUT2D eigenvalue weighted by Crippen LogP contribution is 2.25. The van der Waals surface area contributed by atoms with Crippen molar-refractivity contribution in [2.75, 3.05) is 12.9 Å². The van der Waals surface area contributed by atoms with E-state index in [2.05, 4.69) is 61.4 Å². The van der Waals surface area contributed by atoms with Gasteiger partial charge in [-0.25, -0.2) is 0 Å². The molecule has 0 aliphatic rings. The van der Waals surface area contributed by atoms with Crippen LogP contribution in [0.25, 0.3) is 5.69 Å². The van der Waals surface area contributed by atoms with E-state index >= 15 is 0 Å². The zero-order valence-corrected chi connectivity index (χ0v) is 18.9. The number of methoxy groups -OCH3 is 1. The summed E-state index contributed by atoms with van der Waals surface area (Å²) in [5, 5.41) is 12.1. The van der Waals surface area contributed by atoms with Crippen molar-refractivity contribution in [3.8, 4) is 11.4 Å². The van der Waals surface area contributed by atoms with Gasteiger partial charge in [-0.2, -0.15) is 0 Å². The second-order valence-corrected chi connectivity index (χ2v) is 8.57. The van der Waals surface area contributed by atoms with Crippen LogP contribution in [-0.2, 0) is 4.79 Å². The number of nitrogens with zero attached hydrogens (tertiary/aromatic N) is 3. The SMILES string of the molecule is COc1ccc(C(NC(=O)CSc2nncn2-c2ccc(C)cc2C)C(C)C)cc1. The fourth-order valence-corrected chi connectivity index (χ4v) is 4.09. The van der Waals surface area contributed by atoms with Crippen LogP contribution in [0, 0.1) is 19.8 Å². The number of aromatic nitrogens is 3. The lowest BCUT2D eigenvalue weighted by Crippen LogP contribution is -2.33. The highest BCUT2D eigenvalue weighted by atomic mass is 32.2. The Balaban J connectivity index is 1.67. The van der Waals surface area contributed by atoms with Crippen molar-refractivity contribution in [2.45, 2.75) is 38.9 Å². The number of carbonyl (C=O) groups is 1. The van der Waals surface area contributed by atoms with E-state index in [1.165, 1.54) is 17.3 Å². The Morgan fingerprint density at radius 1 is 1.17 bits per heavy atom. The number of amides is 1. The molecule has 6 nitrogen and oxygen atoms in total. The van der Waals surface area contributed by atoms with Gasteiger partial charge in [0.2, 0.25) is 5.91 Å². The molecule has 0 fully saturated rings. The van der Waals surface area contributed by atoms with Crippen molar-refractivity contribution in [3.05, 3.63) is 65.5 Å². The lowest BCUT2D eigenvalue weighted by atomic mass is 9.96. The Labute approximate surface area is 182 Å². The molecule has 3 rings (SSSR count). The fraction of sp³-hybridized carbons (Fsp3) is 0.348. The van der Waals surface area contributed by atoms with Crippen molar-refractivity contribution < 1.29 is 9.53 Å². The molecule has 0 aliphatic heterocycles. The van der Waals surface area contributed by atoms with E-state index in [9.17, 15) is 4.79 Å². The Morgan fingerprint density at radius 2 is 1.90 bits per heavy atom. The molecule has 0 bridgehead atoms. The summed E-state index contributed by atoms with van der Waals surface area (Å²) in [5.41, 5.74) is 4.42. The molecular weight excluding hydrogens is 396 g/mol. The molecule has 7 heteroatoms. The number of aryl methyl sites for hydroxylation is 2. The van der Waals surface area contributed by atoms with Crippen LogP contribution in [0.15, 0.2) is 53.9 Å². The van der Waals surface area contributed by atoms with Crippen molar-refractivity contribution >= 4 is 17.7 Å². The second-order valence-electron chi connectivity index (χ2n) is 7.62. The molecule has 1 amide bonds. The van der Waals surface area contributed by atoms with Crippen LogP contribution in [0.1, 0.15) is 36.6 Å². The van der Waals surface area contributed by atoms with Gasteiger partial charge in [0.05, 0.1) is 24.6 Å². The number of benzene rings is 2. The monoisotopic (exact) mass is 424 g/mol. The quantitative estimate of drug-likeness (QED) is 0.539. The number of carbonyl (C=O) groups excluding carboxylic acids is 1. The maximum atomic E-state index is 12.7. The number of thioether (sulfide) groups is 1. The van der Waals surface area contributed by atoms with E-state index in [1.807, 2.05) is 28.8 Å². The molecule has 2 aromatic carbocycles. The third-order valence-electron chi connectivity index (χ3n) is 4.92. The first kappa shape index (κ1) is 21.9. The average molecular weight is 425 g/mol. The minimum atomic E-state index is -0.0683. The van der Waals surface area contributed by atoms with Gasteiger partial charge >= 0.3 is 0 Å². The molecule has 3 aromatic rings. The predicted molar refractivity (Wildman–Crippen MR) is 120 cm³/mol. The molecule has 1 unspecified atom stereocenters. The van der Waals surface area contributed by atoms with Gasteiger partial charge in [-0.15, -0.1) is 10.2 Å². The normalized spacial score (nSPS) is 12.1. The summed E-state index contributed by atoms with van der Waals surface area (Å²) in [5.74, 6) is 1.29. The third kappa shape index (κ3) is 5.21. The van der Waals surface area contributed by atoms with Crippen LogP contribution in [-0.4, -0.2) is 33.5 Å². The Bertz CT molecular complexity index is 999. The zero-order valence-electron chi connectivity index (χ0n) is 18.0. The minimum absolute atomic E-state index is 0.0373. The maximum absolute atomic E-state index is 12.7. The molecule has 0 saturated carbocycles. The van der Waals surface area contributed by atoms with Crippen LogP contribution >= 0.6 is 11.8 Å². The first-order valence-corrected chi connectivity index (χ1v) is 10.9. The molecule has 30 heavy (non-hydrogen) atoms. The average Bonchev–Trinajstić information content (AvgIpc) is 3.18. The number of hydrogen-bond acceptors (Lipinski definition) is 5. The summed E-state index contributed by atoms with van der Waals surface area (Å²) in [6, 6.07) is 14.0. The first-order valence-electron chi connectivity index (χ1n) is 9.92. The van der Waals surface area contributed by atoms with E-state index in [4.69, 9.17) is 4.74 Å². The Kier molecular flexibility index (Phi) is 7.15. The highest BCUT2D eigenvalue weighted by molar-refractivity contribution is 7.99. The summed E-state index contributed by atoms with van der Waals surface area (Å²) in [7, 11) is 1.64. The number of hydrogen-bond donors (Lipinski definition) is 1. The van der Waals surface area contributed by atoms with Crippen LogP contribution in [0.2, 0.25) is 0 Å². The lowest BCUT2D eigenvalue weighted by Gasteiger charge is -2.23. The van der Waals surface area contributed by atoms with E-state index in [0.29, 0.717) is 5.16 Å². The third-order valence-corrected chi connectivity index (χ3v) is 5.86. The smallest absolute Gasteiger partial charge is 0.230 e. The van der Waals surface area contributed by atoms with E-state index in [1.54, 1.807) is 13.4 Å². The Morgan fingerprint density at radius 3 is 2.53 bits per heavy atom. The summed E-state index contributed by atoms with van der Waals surface area (Å²) >= 11 is 1.38. The molecule has 1 N–H and O–H groups in total. The summed E-state index contributed by atoms with van der Waals surface area (Å²) < 4.78 is 7.15. The van der Waals surface area contributed by atoms with Crippen LogP contribution < -0.4 is 10.1 Å². The number of ether oxygens (including phenoxy) is 1. The fourth-order valence-electron chi connectivity index (χ4n) is 3.36. The largest absolute Gasteiger partial charge is 0.497 e. The van der Waals surface area contributed by atoms with Crippen molar-refractivity contribution in [2.24, 2.45) is 5.92 Å². The van der Waals surface area contributed by atoms with Gasteiger partial charge in [-0.05, 0) is 49.1 Å². The molecule has 1 heterocycles. The van der Waals surface area contributed by atoms with Gasteiger partial charge in [0.15, 0.2) is 5.16 Å². The standard InChI is InChI=1S/C23H28N4O2S/c1-15(2)22(18-7-9-19(29-5)10-8-18)25-21(28)13-30-23-26-24-14-27(23)20-11-6-16(3)12-17(20)4/h6-12,14-15,22H,13H2,1-5H3,(H,25,28). The van der Waals surface area contributed by atoms with Gasteiger partial charge in [0, 0.05) is 0 Å². The molecule has 1 atom stereocenters. The predicted octanol–water partition coefficient (Wildman–Crippen LogP) is 4.50. The van der Waals surface area contributed by atoms with E-state index < -0.39 is 0 Å². The second kappa shape index (κ2) is 9.80. The minimum Gasteiger partial charge on any atom is -0.497 e. The molecule has 158 valence electrons. The van der Waals surface area contributed by atoms with Crippen molar-refractivity contribution in [3.63, 3.8) is 0 Å². The number of rotatable bonds is 8. The van der Waals surface area contributed by atoms with E-state index in [-0.39, 0.29) is 23.6 Å². The van der Waals surface area contributed by atoms with Crippen LogP contribution in [0.3, 0.4) is 0 Å². The van der Waals surface area contributed by atoms with Gasteiger partial charge in [-0.1, -0.05) is 55.4 Å². The molecular formula is C23H28N4O2S. The first-order chi connectivity index (χ1) is 14.4. The molecule has 0 radical (unpaired) electrons. The van der Waals surface area contributed by atoms with Crippen molar-refractivity contribution in [1.29, 1.82) is 0 Å². The summed E-state index contributed by atoms with van der Waals surface area (Å²) in [6.45, 7) is 8.32. The lowest BCUT2D eigenvalue weighted by molar-refractivity contribution is -0.119. The maximum Gasteiger partial charge on any atom is 0.230 e. The Hall–Kier alpha value is -2.80. The molecule has 0 aliphatic carbocycles. The highest BCUT2D eigenvalue weighted by Gasteiger charge is 2.19. The van der Waals surface area contributed by atoms with Crippen molar-refractivity contribution in [1.82, 2.24) is 20.1 Å². The number of nitrogens with one attached hydrogen (secondary N) is 1. The molecule has 0 spiro atoms. The van der Waals surface area contributed by atoms with Gasteiger partial charge in [0.25, 0.3) is 0 Å². The van der Waals surface area contributed by atoms with Crippen LogP contribution in [0.5, 0.6) is 5.75 Å². The molecule has 0 saturated heterocycles. The zero-order chi connectivity index (χ0) is 21.7. The summed E-state index contributed by atoms with van der Waals surface area (Å²) in [4.78, 5) is 12.7.